The fraction of sp³-hybridized carbons (Fsp3) is 0.667. The molecule has 88 valence electrons. The van der Waals surface area contributed by atoms with Crippen molar-refractivity contribution in [2.24, 2.45) is 0 Å². The summed E-state index contributed by atoms with van der Waals surface area (Å²) in [6.45, 7) is 0.969. The maximum Gasteiger partial charge on any atom is 0.129 e. The van der Waals surface area contributed by atoms with E-state index in [1.54, 1.807) is 12.5 Å². The molecular weight excluding hydrogens is 200 g/mol. The van der Waals surface area contributed by atoms with E-state index >= 15 is 0 Å². The van der Waals surface area contributed by atoms with E-state index in [1.165, 1.54) is 25.7 Å². The molecule has 0 amide bonds. The quantitative estimate of drug-likeness (QED) is 0.839. The van der Waals surface area contributed by atoms with Crippen molar-refractivity contribution < 1.29 is 0 Å². The Balaban J connectivity index is 1.97. The summed E-state index contributed by atoms with van der Waals surface area (Å²) in [5, 5.41) is 3.42. The first-order chi connectivity index (χ1) is 7.73. The Labute approximate surface area is 97.1 Å². The summed E-state index contributed by atoms with van der Waals surface area (Å²) in [5.74, 6) is 0.920. The number of hydrogen-bond donors (Lipinski definition) is 1. The lowest BCUT2D eigenvalue weighted by molar-refractivity contribution is 0.172. The highest BCUT2D eigenvalue weighted by molar-refractivity contribution is 5.32. The molecule has 0 saturated heterocycles. The van der Waals surface area contributed by atoms with E-state index in [0.717, 1.165) is 12.4 Å². The van der Waals surface area contributed by atoms with Crippen LogP contribution in [0, 0.1) is 0 Å². The van der Waals surface area contributed by atoms with E-state index in [4.69, 9.17) is 0 Å². The van der Waals surface area contributed by atoms with Crippen LogP contribution in [0.1, 0.15) is 25.7 Å². The first-order valence-electron chi connectivity index (χ1n) is 5.90. The molecule has 1 N–H and O–H groups in total. The Morgan fingerprint density at radius 3 is 2.69 bits per heavy atom. The van der Waals surface area contributed by atoms with Crippen molar-refractivity contribution in [1.82, 2.24) is 14.9 Å². The third-order valence-corrected chi connectivity index (χ3v) is 3.66. The lowest BCUT2D eigenvalue weighted by Gasteiger charge is -2.36. The van der Waals surface area contributed by atoms with Crippen LogP contribution in [-0.4, -0.2) is 41.0 Å². The SMILES string of the molecule is CN(C)C1(CNc2ccncn2)CCCC1. The van der Waals surface area contributed by atoms with Gasteiger partial charge in [-0.2, -0.15) is 0 Å². The van der Waals surface area contributed by atoms with Gasteiger partial charge in [-0.25, -0.2) is 9.97 Å². The van der Waals surface area contributed by atoms with Gasteiger partial charge >= 0.3 is 0 Å². The van der Waals surface area contributed by atoms with Crippen molar-refractivity contribution >= 4 is 5.82 Å². The van der Waals surface area contributed by atoms with Gasteiger partial charge in [0.25, 0.3) is 0 Å². The van der Waals surface area contributed by atoms with E-state index in [2.05, 4.69) is 34.3 Å². The van der Waals surface area contributed by atoms with Gasteiger partial charge in [0.1, 0.15) is 12.1 Å². The molecule has 0 bridgehead atoms. The van der Waals surface area contributed by atoms with E-state index in [1.807, 2.05) is 6.07 Å². The molecule has 4 nitrogen and oxygen atoms in total. The summed E-state index contributed by atoms with van der Waals surface area (Å²) >= 11 is 0. The average Bonchev–Trinajstić information content (AvgIpc) is 2.78. The average molecular weight is 220 g/mol. The summed E-state index contributed by atoms with van der Waals surface area (Å²) in [4.78, 5) is 10.5. The minimum atomic E-state index is 0.310. The van der Waals surface area contributed by atoms with Crippen molar-refractivity contribution in [1.29, 1.82) is 0 Å². The molecule has 1 aromatic heterocycles. The first kappa shape index (κ1) is 11.3. The second-order valence-corrected chi connectivity index (χ2v) is 4.77. The minimum Gasteiger partial charge on any atom is -0.368 e. The molecule has 1 fully saturated rings. The molecule has 1 heterocycles. The number of aromatic nitrogens is 2. The fourth-order valence-electron chi connectivity index (χ4n) is 2.47. The molecule has 0 radical (unpaired) electrons. The Hall–Kier alpha value is -1.16. The minimum absolute atomic E-state index is 0.310. The largest absolute Gasteiger partial charge is 0.368 e. The summed E-state index contributed by atoms with van der Waals surface area (Å²) in [6, 6.07) is 1.91. The van der Waals surface area contributed by atoms with Gasteiger partial charge in [-0.05, 0) is 33.0 Å². The first-order valence-corrected chi connectivity index (χ1v) is 5.90. The van der Waals surface area contributed by atoms with Gasteiger partial charge < -0.3 is 10.2 Å². The van der Waals surface area contributed by atoms with Crippen LogP contribution in [0.25, 0.3) is 0 Å². The van der Waals surface area contributed by atoms with Crippen molar-refractivity contribution in [3.8, 4) is 0 Å². The number of nitrogens with one attached hydrogen (secondary N) is 1. The Morgan fingerprint density at radius 1 is 1.38 bits per heavy atom. The maximum absolute atomic E-state index is 4.19. The van der Waals surface area contributed by atoms with Crippen LogP contribution in [0.15, 0.2) is 18.6 Å². The Bertz CT molecular complexity index is 317. The molecule has 2 rings (SSSR count). The predicted octanol–water partition coefficient (Wildman–Crippen LogP) is 1.76. The van der Waals surface area contributed by atoms with Crippen LogP contribution >= 0.6 is 0 Å². The van der Waals surface area contributed by atoms with Crippen LogP contribution < -0.4 is 5.32 Å². The van der Waals surface area contributed by atoms with Gasteiger partial charge in [-0.3, -0.25) is 0 Å². The zero-order chi connectivity index (χ0) is 11.4. The van der Waals surface area contributed by atoms with Crippen molar-refractivity contribution in [2.75, 3.05) is 26.0 Å². The second kappa shape index (κ2) is 4.78. The number of nitrogens with zero attached hydrogens (tertiary/aromatic N) is 3. The summed E-state index contributed by atoms with van der Waals surface area (Å²) in [5.41, 5.74) is 0.310. The van der Waals surface area contributed by atoms with Gasteiger partial charge in [0, 0.05) is 18.3 Å². The third-order valence-electron chi connectivity index (χ3n) is 3.66. The monoisotopic (exact) mass is 220 g/mol. The Morgan fingerprint density at radius 2 is 2.12 bits per heavy atom. The van der Waals surface area contributed by atoms with Gasteiger partial charge in [0.15, 0.2) is 0 Å². The normalized spacial score (nSPS) is 18.9. The van der Waals surface area contributed by atoms with Gasteiger partial charge in [-0.15, -0.1) is 0 Å². The standard InChI is InChI=1S/C12H20N4/c1-16(2)12(6-3-4-7-12)9-14-11-5-8-13-10-15-11/h5,8,10H,3-4,6-7,9H2,1-2H3,(H,13,14,15). The third kappa shape index (κ3) is 2.32. The van der Waals surface area contributed by atoms with Gasteiger partial charge in [0.2, 0.25) is 0 Å². The lowest BCUT2D eigenvalue weighted by atomic mass is 9.96. The highest BCUT2D eigenvalue weighted by atomic mass is 15.2. The topological polar surface area (TPSA) is 41.0 Å². The van der Waals surface area contributed by atoms with Crippen molar-refractivity contribution in [3.05, 3.63) is 18.6 Å². The molecule has 4 heteroatoms. The number of anilines is 1. The molecule has 0 aromatic carbocycles. The van der Waals surface area contributed by atoms with Gasteiger partial charge in [0.05, 0.1) is 0 Å². The lowest BCUT2D eigenvalue weighted by Crippen LogP contribution is -2.47. The van der Waals surface area contributed by atoms with Crippen molar-refractivity contribution in [2.45, 2.75) is 31.2 Å². The molecule has 1 aliphatic rings. The molecule has 16 heavy (non-hydrogen) atoms. The van der Waals surface area contributed by atoms with Crippen LogP contribution in [-0.2, 0) is 0 Å². The molecule has 1 aromatic rings. The number of likely N-dealkylation sites (N-methyl/N-ethyl adjacent to an activating group) is 1. The van der Waals surface area contributed by atoms with Crippen LogP contribution in [0.5, 0.6) is 0 Å². The zero-order valence-electron chi connectivity index (χ0n) is 10.1. The summed E-state index contributed by atoms with van der Waals surface area (Å²) in [6.07, 6.45) is 8.58. The molecular formula is C12H20N4. The smallest absolute Gasteiger partial charge is 0.129 e. The summed E-state index contributed by atoms with van der Waals surface area (Å²) < 4.78 is 0. The molecule has 1 saturated carbocycles. The van der Waals surface area contributed by atoms with Crippen molar-refractivity contribution in [3.63, 3.8) is 0 Å². The van der Waals surface area contributed by atoms with Crippen LogP contribution in [0.3, 0.4) is 0 Å². The number of hydrogen-bond acceptors (Lipinski definition) is 4. The highest BCUT2D eigenvalue weighted by Gasteiger charge is 2.35. The molecule has 0 unspecified atom stereocenters. The van der Waals surface area contributed by atoms with E-state index in [9.17, 15) is 0 Å². The van der Waals surface area contributed by atoms with E-state index in [0.29, 0.717) is 5.54 Å². The maximum atomic E-state index is 4.19. The molecule has 1 aliphatic carbocycles. The number of rotatable bonds is 4. The van der Waals surface area contributed by atoms with Crippen LogP contribution in [0.4, 0.5) is 5.82 Å². The highest BCUT2D eigenvalue weighted by Crippen LogP contribution is 2.33. The van der Waals surface area contributed by atoms with Crippen LogP contribution in [0.2, 0.25) is 0 Å². The molecule has 0 aliphatic heterocycles. The predicted molar refractivity (Wildman–Crippen MR) is 65.4 cm³/mol. The Kier molecular flexibility index (Phi) is 3.39. The van der Waals surface area contributed by atoms with E-state index in [-0.39, 0.29) is 0 Å². The molecule has 0 atom stereocenters. The van der Waals surface area contributed by atoms with E-state index < -0.39 is 0 Å². The van der Waals surface area contributed by atoms with Gasteiger partial charge in [-0.1, -0.05) is 12.8 Å². The molecule has 0 spiro atoms. The fourth-order valence-corrected chi connectivity index (χ4v) is 2.47. The zero-order valence-corrected chi connectivity index (χ0v) is 10.1. The summed E-state index contributed by atoms with van der Waals surface area (Å²) in [7, 11) is 4.35. The second-order valence-electron chi connectivity index (χ2n) is 4.77.